The van der Waals surface area contributed by atoms with E-state index in [0.717, 1.165) is 16.7 Å². The van der Waals surface area contributed by atoms with Gasteiger partial charge in [0.1, 0.15) is 6.04 Å². The van der Waals surface area contributed by atoms with Crippen molar-refractivity contribution in [1.29, 1.82) is 0 Å². The summed E-state index contributed by atoms with van der Waals surface area (Å²) in [4.78, 5) is 13.4. The summed E-state index contributed by atoms with van der Waals surface area (Å²) in [5.41, 5.74) is 9.95. The summed E-state index contributed by atoms with van der Waals surface area (Å²) in [5, 5.41) is 0. The minimum absolute atomic E-state index is 0.306. The molecule has 16 heavy (non-hydrogen) atoms. The Morgan fingerprint density at radius 2 is 1.62 bits per heavy atom. The second kappa shape index (κ2) is 4.66. The standard InChI is InChI=1S/C13H20N2O/c1-8-6-9(2)11(10(3)7-8)12(13(14)16)15(4)5/h6-7,12H,1-5H3,(H2,14,16). The van der Waals surface area contributed by atoms with Gasteiger partial charge >= 0.3 is 0 Å². The smallest absolute Gasteiger partial charge is 0.239 e. The first-order valence-corrected chi connectivity index (χ1v) is 5.38. The number of hydrogen-bond acceptors (Lipinski definition) is 2. The minimum atomic E-state index is -0.347. The molecule has 0 saturated heterocycles. The van der Waals surface area contributed by atoms with Crippen molar-refractivity contribution in [3.63, 3.8) is 0 Å². The van der Waals surface area contributed by atoms with Crippen LogP contribution < -0.4 is 5.73 Å². The molecular formula is C13H20N2O. The van der Waals surface area contributed by atoms with Crippen LogP contribution in [0.15, 0.2) is 12.1 Å². The molecule has 0 spiro atoms. The quantitative estimate of drug-likeness (QED) is 0.842. The van der Waals surface area contributed by atoms with E-state index in [0.29, 0.717) is 0 Å². The van der Waals surface area contributed by atoms with Crippen molar-refractivity contribution in [1.82, 2.24) is 4.90 Å². The number of rotatable bonds is 3. The summed E-state index contributed by atoms with van der Waals surface area (Å²) in [6, 6.07) is 3.82. The summed E-state index contributed by atoms with van der Waals surface area (Å²) in [6.45, 7) is 6.10. The number of hydrogen-bond donors (Lipinski definition) is 1. The van der Waals surface area contributed by atoms with E-state index in [-0.39, 0.29) is 11.9 Å². The highest BCUT2D eigenvalue weighted by Gasteiger charge is 2.23. The zero-order valence-electron chi connectivity index (χ0n) is 10.7. The Labute approximate surface area is 97.2 Å². The molecule has 0 aliphatic carbocycles. The van der Waals surface area contributed by atoms with Gasteiger partial charge in [-0.05, 0) is 51.6 Å². The summed E-state index contributed by atoms with van der Waals surface area (Å²) >= 11 is 0. The van der Waals surface area contributed by atoms with E-state index >= 15 is 0 Å². The SMILES string of the molecule is Cc1cc(C)c(C(C(N)=O)N(C)C)c(C)c1. The van der Waals surface area contributed by atoms with E-state index in [1.165, 1.54) is 5.56 Å². The predicted molar refractivity (Wildman–Crippen MR) is 66.3 cm³/mol. The largest absolute Gasteiger partial charge is 0.368 e. The van der Waals surface area contributed by atoms with E-state index in [1.54, 1.807) is 0 Å². The first-order chi connectivity index (χ1) is 7.34. The highest BCUT2D eigenvalue weighted by Crippen LogP contribution is 2.26. The van der Waals surface area contributed by atoms with Gasteiger partial charge in [0.25, 0.3) is 0 Å². The highest BCUT2D eigenvalue weighted by atomic mass is 16.1. The van der Waals surface area contributed by atoms with Crippen molar-refractivity contribution in [2.45, 2.75) is 26.8 Å². The second-order valence-electron chi connectivity index (χ2n) is 4.58. The van der Waals surface area contributed by atoms with Crippen LogP contribution in [-0.4, -0.2) is 24.9 Å². The molecule has 0 heterocycles. The van der Waals surface area contributed by atoms with Gasteiger partial charge in [0.15, 0.2) is 0 Å². The number of nitrogens with zero attached hydrogens (tertiary/aromatic N) is 1. The van der Waals surface area contributed by atoms with Gasteiger partial charge < -0.3 is 5.73 Å². The third-order valence-electron chi connectivity index (χ3n) is 2.80. The van der Waals surface area contributed by atoms with Gasteiger partial charge in [-0.15, -0.1) is 0 Å². The fourth-order valence-electron chi connectivity index (χ4n) is 2.28. The highest BCUT2D eigenvalue weighted by molar-refractivity contribution is 5.82. The molecular weight excluding hydrogens is 200 g/mol. The lowest BCUT2D eigenvalue weighted by atomic mass is 9.93. The molecule has 0 bridgehead atoms. The lowest BCUT2D eigenvalue weighted by molar-refractivity contribution is -0.122. The summed E-state index contributed by atoms with van der Waals surface area (Å²) < 4.78 is 0. The van der Waals surface area contributed by atoms with Crippen LogP contribution in [0.3, 0.4) is 0 Å². The third-order valence-corrected chi connectivity index (χ3v) is 2.80. The molecule has 1 aromatic carbocycles. The predicted octanol–water partition coefficient (Wildman–Crippen LogP) is 1.70. The van der Waals surface area contributed by atoms with Crippen LogP contribution in [0, 0.1) is 20.8 Å². The number of primary amides is 1. The molecule has 3 nitrogen and oxygen atoms in total. The first kappa shape index (κ1) is 12.7. The maximum absolute atomic E-state index is 11.5. The van der Waals surface area contributed by atoms with Gasteiger partial charge in [-0.3, -0.25) is 9.69 Å². The monoisotopic (exact) mass is 220 g/mol. The van der Waals surface area contributed by atoms with Gasteiger partial charge in [0.05, 0.1) is 0 Å². The van der Waals surface area contributed by atoms with Gasteiger partial charge in [0, 0.05) is 0 Å². The fraction of sp³-hybridized carbons (Fsp3) is 0.462. The van der Waals surface area contributed by atoms with Crippen LogP contribution in [0.25, 0.3) is 0 Å². The Hall–Kier alpha value is -1.35. The van der Waals surface area contributed by atoms with Crippen LogP contribution in [0.5, 0.6) is 0 Å². The van der Waals surface area contributed by atoms with E-state index < -0.39 is 0 Å². The van der Waals surface area contributed by atoms with Crippen LogP contribution >= 0.6 is 0 Å². The van der Waals surface area contributed by atoms with Crippen molar-refractivity contribution in [3.05, 3.63) is 34.4 Å². The number of carbonyl (C=O) groups excluding carboxylic acids is 1. The molecule has 2 N–H and O–H groups in total. The number of amides is 1. The van der Waals surface area contributed by atoms with Crippen LogP contribution in [0.1, 0.15) is 28.3 Å². The Bertz CT molecular complexity index is 387. The molecule has 1 aromatic rings. The molecule has 0 radical (unpaired) electrons. The van der Waals surface area contributed by atoms with E-state index in [2.05, 4.69) is 19.1 Å². The topological polar surface area (TPSA) is 46.3 Å². The number of aryl methyl sites for hydroxylation is 3. The lowest BCUT2D eigenvalue weighted by Gasteiger charge is -2.25. The maximum atomic E-state index is 11.5. The Kier molecular flexibility index (Phi) is 3.70. The summed E-state index contributed by atoms with van der Waals surface area (Å²) in [5.74, 6) is -0.306. The zero-order chi connectivity index (χ0) is 12.5. The normalized spacial score (nSPS) is 12.9. The summed E-state index contributed by atoms with van der Waals surface area (Å²) in [6.07, 6.45) is 0. The molecule has 1 unspecified atom stereocenters. The van der Waals surface area contributed by atoms with Crippen molar-refractivity contribution < 1.29 is 4.79 Å². The number of nitrogens with two attached hydrogens (primary N) is 1. The minimum Gasteiger partial charge on any atom is -0.368 e. The van der Waals surface area contributed by atoms with E-state index in [4.69, 9.17) is 5.73 Å². The number of carbonyl (C=O) groups is 1. The van der Waals surface area contributed by atoms with Gasteiger partial charge in [0.2, 0.25) is 5.91 Å². The molecule has 1 rings (SSSR count). The molecule has 3 heteroatoms. The Morgan fingerprint density at radius 3 is 1.94 bits per heavy atom. The molecule has 0 saturated carbocycles. The van der Waals surface area contributed by atoms with Gasteiger partial charge in [-0.25, -0.2) is 0 Å². The lowest BCUT2D eigenvalue weighted by Crippen LogP contribution is -2.33. The fourth-order valence-corrected chi connectivity index (χ4v) is 2.28. The summed E-state index contributed by atoms with van der Waals surface area (Å²) in [7, 11) is 3.74. The molecule has 0 aliphatic rings. The average Bonchev–Trinajstić information content (AvgIpc) is 2.09. The van der Waals surface area contributed by atoms with Crippen LogP contribution in [0.4, 0.5) is 0 Å². The Balaban J connectivity index is 3.35. The molecule has 1 amide bonds. The zero-order valence-corrected chi connectivity index (χ0v) is 10.7. The molecule has 0 aromatic heterocycles. The third kappa shape index (κ3) is 2.42. The van der Waals surface area contributed by atoms with Crippen molar-refractivity contribution >= 4 is 5.91 Å². The molecule has 88 valence electrons. The second-order valence-corrected chi connectivity index (χ2v) is 4.58. The van der Waals surface area contributed by atoms with Crippen molar-refractivity contribution in [3.8, 4) is 0 Å². The Morgan fingerprint density at radius 1 is 1.19 bits per heavy atom. The van der Waals surface area contributed by atoms with Gasteiger partial charge in [-0.1, -0.05) is 17.7 Å². The molecule has 0 aliphatic heterocycles. The van der Waals surface area contributed by atoms with Crippen LogP contribution in [-0.2, 0) is 4.79 Å². The maximum Gasteiger partial charge on any atom is 0.239 e. The van der Waals surface area contributed by atoms with Gasteiger partial charge in [-0.2, -0.15) is 0 Å². The van der Waals surface area contributed by atoms with E-state index in [1.807, 2.05) is 32.8 Å². The first-order valence-electron chi connectivity index (χ1n) is 5.38. The molecule has 0 fully saturated rings. The molecule has 1 atom stereocenters. The average molecular weight is 220 g/mol. The number of benzene rings is 1. The number of likely N-dealkylation sites (N-methyl/N-ethyl adjacent to an activating group) is 1. The van der Waals surface area contributed by atoms with Crippen molar-refractivity contribution in [2.24, 2.45) is 5.73 Å². The van der Waals surface area contributed by atoms with E-state index in [9.17, 15) is 4.79 Å². The van der Waals surface area contributed by atoms with Crippen LogP contribution in [0.2, 0.25) is 0 Å². The van der Waals surface area contributed by atoms with Crippen molar-refractivity contribution in [2.75, 3.05) is 14.1 Å².